The predicted octanol–water partition coefficient (Wildman–Crippen LogP) is 2.83. The number of hydrogen-bond donors (Lipinski definition) is 2. The Labute approximate surface area is 120 Å². The molecule has 1 aliphatic rings. The van der Waals surface area contributed by atoms with Crippen molar-refractivity contribution in [3.05, 3.63) is 28.8 Å². The fraction of sp³-hybridized carbons (Fsp3) is 0.600. The van der Waals surface area contributed by atoms with Crippen molar-refractivity contribution >= 4 is 17.3 Å². The van der Waals surface area contributed by atoms with Gasteiger partial charge in [0.25, 0.3) is 0 Å². The van der Waals surface area contributed by atoms with Gasteiger partial charge in [0.05, 0.1) is 12.6 Å². The minimum atomic E-state index is 0.202. The Hall–Kier alpha value is -0.770. The number of benzene rings is 1. The second kappa shape index (κ2) is 6.12. The Kier molecular flexibility index (Phi) is 4.71. The standard InChI is InChI=1S/C15H23ClN2O/c1-10-6-7-18(15(10)9-19)12-4-5-13(11(2)17-3)14(16)8-12/h4-5,8,10-11,15,17,19H,6-7,9H2,1-3H3. The zero-order valence-corrected chi connectivity index (χ0v) is 12.6. The summed E-state index contributed by atoms with van der Waals surface area (Å²) >= 11 is 6.38. The number of hydrogen-bond acceptors (Lipinski definition) is 3. The normalized spacial score (nSPS) is 24.8. The molecule has 1 aliphatic heterocycles. The summed E-state index contributed by atoms with van der Waals surface area (Å²) in [6, 6.07) is 6.66. The summed E-state index contributed by atoms with van der Waals surface area (Å²) in [5, 5.41) is 13.5. The van der Waals surface area contributed by atoms with Crippen molar-refractivity contribution in [3.63, 3.8) is 0 Å². The number of rotatable bonds is 4. The van der Waals surface area contributed by atoms with Gasteiger partial charge in [-0.25, -0.2) is 0 Å². The number of nitrogens with one attached hydrogen (secondary N) is 1. The molecule has 1 aromatic rings. The van der Waals surface area contributed by atoms with Crippen molar-refractivity contribution < 1.29 is 5.11 Å². The van der Waals surface area contributed by atoms with Gasteiger partial charge in [0.15, 0.2) is 0 Å². The van der Waals surface area contributed by atoms with Crippen LogP contribution in [0.5, 0.6) is 0 Å². The lowest BCUT2D eigenvalue weighted by molar-refractivity contribution is 0.245. The van der Waals surface area contributed by atoms with Crippen LogP contribution in [0.3, 0.4) is 0 Å². The van der Waals surface area contributed by atoms with Crippen LogP contribution in [0.25, 0.3) is 0 Å². The first-order valence-electron chi connectivity index (χ1n) is 6.92. The maximum atomic E-state index is 9.53. The van der Waals surface area contributed by atoms with Crippen LogP contribution in [0.4, 0.5) is 5.69 Å². The maximum Gasteiger partial charge on any atom is 0.0637 e. The molecule has 0 saturated carbocycles. The van der Waals surface area contributed by atoms with E-state index < -0.39 is 0 Å². The molecule has 0 amide bonds. The molecule has 0 spiro atoms. The first-order chi connectivity index (χ1) is 9.08. The second-order valence-electron chi connectivity index (χ2n) is 5.43. The van der Waals surface area contributed by atoms with E-state index in [0.717, 1.165) is 29.2 Å². The van der Waals surface area contributed by atoms with Crippen molar-refractivity contribution in [3.8, 4) is 0 Å². The van der Waals surface area contributed by atoms with Crippen molar-refractivity contribution in [1.82, 2.24) is 5.32 Å². The van der Waals surface area contributed by atoms with Crippen LogP contribution in [-0.2, 0) is 0 Å². The van der Waals surface area contributed by atoms with Gasteiger partial charge >= 0.3 is 0 Å². The summed E-state index contributed by atoms with van der Waals surface area (Å²) < 4.78 is 0. The molecule has 3 atom stereocenters. The molecular weight excluding hydrogens is 260 g/mol. The molecule has 0 bridgehead atoms. The molecule has 3 nitrogen and oxygen atoms in total. The van der Waals surface area contributed by atoms with E-state index in [0.29, 0.717) is 5.92 Å². The van der Waals surface area contributed by atoms with Gasteiger partial charge < -0.3 is 15.3 Å². The Bertz CT molecular complexity index is 438. The third-order valence-corrected chi connectivity index (χ3v) is 4.61. The first kappa shape index (κ1) is 14.6. The average molecular weight is 283 g/mol. The van der Waals surface area contributed by atoms with Crippen LogP contribution in [0.2, 0.25) is 5.02 Å². The van der Waals surface area contributed by atoms with Gasteiger partial charge in [0.2, 0.25) is 0 Å². The molecule has 2 rings (SSSR count). The third kappa shape index (κ3) is 2.88. The van der Waals surface area contributed by atoms with Gasteiger partial charge in [-0.1, -0.05) is 24.6 Å². The minimum absolute atomic E-state index is 0.202. The van der Waals surface area contributed by atoms with Crippen molar-refractivity contribution in [2.75, 3.05) is 25.1 Å². The Morgan fingerprint density at radius 1 is 1.53 bits per heavy atom. The van der Waals surface area contributed by atoms with Crippen LogP contribution in [-0.4, -0.2) is 31.3 Å². The highest BCUT2D eigenvalue weighted by atomic mass is 35.5. The predicted molar refractivity (Wildman–Crippen MR) is 80.9 cm³/mol. The summed E-state index contributed by atoms with van der Waals surface area (Å²) in [5.41, 5.74) is 2.22. The van der Waals surface area contributed by atoms with Gasteiger partial charge in [0.1, 0.15) is 0 Å². The van der Waals surface area contributed by atoms with Crippen LogP contribution >= 0.6 is 11.6 Å². The Morgan fingerprint density at radius 3 is 2.84 bits per heavy atom. The highest BCUT2D eigenvalue weighted by Gasteiger charge is 2.30. The highest BCUT2D eigenvalue weighted by Crippen LogP contribution is 2.33. The summed E-state index contributed by atoms with van der Waals surface area (Å²) in [6.45, 7) is 5.48. The quantitative estimate of drug-likeness (QED) is 0.891. The Morgan fingerprint density at radius 2 is 2.26 bits per heavy atom. The number of nitrogens with zero attached hydrogens (tertiary/aromatic N) is 1. The lowest BCUT2D eigenvalue weighted by Gasteiger charge is -2.28. The molecule has 0 aromatic heterocycles. The Balaban J connectivity index is 2.25. The van der Waals surface area contributed by atoms with Gasteiger partial charge in [-0.15, -0.1) is 0 Å². The fourth-order valence-electron chi connectivity index (χ4n) is 2.81. The van der Waals surface area contributed by atoms with Crippen molar-refractivity contribution in [2.45, 2.75) is 32.4 Å². The minimum Gasteiger partial charge on any atom is -0.394 e. The monoisotopic (exact) mass is 282 g/mol. The highest BCUT2D eigenvalue weighted by molar-refractivity contribution is 6.31. The molecule has 3 unspecified atom stereocenters. The van der Waals surface area contributed by atoms with E-state index in [1.54, 1.807) is 0 Å². The lowest BCUT2D eigenvalue weighted by atomic mass is 10.0. The zero-order chi connectivity index (χ0) is 14.0. The smallest absolute Gasteiger partial charge is 0.0637 e. The van der Waals surface area contributed by atoms with Crippen LogP contribution in [0.1, 0.15) is 31.9 Å². The summed E-state index contributed by atoms with van der Waals surface area (Å²) in [4.78, 5) is 2.27. The van der Waals surface area contributed by atoms with Gasteiger partial charge in [-0.2, -0.15) is 0 Å². The number of aliphatic hydroxyl groups excluding tert-OH is 1. The third-order valence-electron chi connectivity index (χ3n) is 4.28. The van der Waals surface area contributed by atoms with E-state index in [9.17, 15) is 5.11 Å². The molecule has 1 fully saturated rings. The summed E-state index contributed by atoms with van der Waals surface area (Å²) in [7, 11) is 1.93. The summed E-state index contributed by atoms with van der Waals surface area (Å²) in [5.74, 6) is 0.527. The molecule has 1 aromatic carbocycles. The van der Waals surface area contributed by atoms with Gasteiger partial charge in [0, 0.05) is 23.3 Å². The van der Waals surface area contributed by atoms with E-state index in [-0.39, 0.29) is 18.7 Å². The van der Waals surface area contributed by atoms with Crippen molar-refractivity contribution in [2.24, 2.45) is 5.92 Å². The van der Waals surface area contributed by atoms with E-state index >= 15 is 0 Å². The molecule has 1 saturated heterocycles. The molecule has 2 N–H and O–H groups in total. The number of anilines is 1. The van der Waals surface area contributed by atoms with E-state index in [4.69, 9.17) is 11.6 Å². The zero-order valence-electron chi connectivity index (χ0n) is 11.9. The molecule has 0 aliphatic carbocycles. The van der Waals surface area contributed by atoms with Gasteiger partial charge in [-0.05, 0) is 44.0 Å². The second-order valence-corrected chi connectivity index (χ2v) is 5.83. The van der Waals surface area contributed by atoms with Gasteiger partial charge in [-0.3, -0.25) is 0 Å². The topological polar surface area (TPSA) is 35.5 Å². The molecule has 19 heavy (non-hydrogen) atoms. The van der Waals surface area contributed by atoms with Crippen LogP contribution in [0, 0.1) is 5.92 Å². The average Bonchev–Trinajstić information content (AvgIpc) is 2.78. The largest absolute Gasteiger partial charge is 0.394 e. The van der Waals surface area contributed by atoms with Crippen LogP contribution in [0.15, 0.2) is 18.2 Å². The molecule has 0 radical (unpaired) electrons. The molecule has 1 heterocycles. The fourth-order valence-corrected chi connectivity index (χ4v) is 3.15. The SMILES string of the molecule is CNC(C)c1ccc(N2CCC(C)C2CO)cc1Cl. The lowest BCUT2D eigenvalue weighted by Crippen LogP contribution is -2.35. The van der Waals surface area contributed by atoms with E-state index in [2.05, 4.69) is 36.2 Å². The molecular formula is C15H23ClN2O. The van der Waals surface area contributed by atoms with E-state index in [1.807, 2.05) is 13.1 Å². The summed E-state index contributed by atoms with van der Waals surface area (Å²) in [6.07, 6.45) is 1.12. The van der Waals surface area contributed by atoms with Crippen LogP contribution < -0.4 is 10.2 Å². The van der Waals surface area contributed by atoms with E-state index in [1.165, 1.54) is 0 Å². The number of halogens is 1. The van der Waals surface area contributed by atoms with Crippen molar-refractivity contribution in [1.29, 1.82) is 0 Å². The molecule has 106 valence electrons. The molecule has 4 heteroatoms. The maximum absolute atomic E-state index is 9.53. The first-order valence-corrected chi connectivity index (χ1v) is 7.30. The number of aliphatic hydroxyl groups is 1.